The van der Waals surface area contributed by atoms with Gasteiger partial charge in [0.05, 0.1) is 16.5 Å². The molecule has 1 aromatic carbocycles. The molecule has 0 saturated heterocycles. The zero-order chi connectivity index (χ0) is 13.8. The van der Waals surface area contributed by atoms with Gasteiger partial charge in [-0.25, -0.2) is 8.42 Å². The second-order valence-corrected chi connectivity index (χ2v) is 5.98. The summed E-state index contributed by atoms with van der Waals surface area (Å²) < 4.78 is 26.1. The van der Waals surface area contributed by atoms with Crippen LogP contribution < -0.4 is 0 Å². The smallest absolute Gasteiger partial charge is 0.207 e. The summed E-state index contributed by atoms with van der Waals surface area (Å²) in [5, 5.41) is 8.69. The molecule has 18 heavy (non-hydrogen) atoms. The minimum Gasteiger partial charge on any atom is -0.207 e. The summed E-state index contributed by atoms with van der Waals surface area (Å²) in [5.41, 5.74) is 0.439. The Morgan fingerprint density at radius 2 is 1.94 bits per heavy atom. The third kappa shape index (κ3) is 2.97. The van der Waals surface area contributed by atoms with Crippen LogP contribution in [0.25, 0.3) is 0 Å². The number of nitriles is 1. The van der Waals surface area contributed by atoms with Gasteiger partial charge in [0.25, 0.3) is 0 Å². The zero-order valence-corrected chi connectivity index (χ0v) is 11.3. The van der Waals surface area contributed by atoms with Crippen molar-refractivity contribution < 1.29 is 8.42 Å². The topological polar surface area (TPSA) is 61.2 Å². The van der Waals surface area contributed by atoms with E-state index in [1.165, 1.54) is 28.6 Å². The first kappa shape index (κ1) is 14.4. The predicted molar refractivity (Wildman–Crippen MR) is 70.4 cm³/mol. The molecule has 0 saturated carbocycles. The Kier molecular flexibility index (Phi) is 4.65. The average Bonchev–Trinajstić information content (AvgIpc) is 2.35. The summed E-state index contributed by atoms with van der Waals surface area (Å²) in [6.07, 6.45) is 1.56. The van der Waals surface area contributed by atoms with Crippen LogP contribution in [0.2, 0.25) is 0 Å². The summed E-state index contributed by atoms with van der Waals surface area (Å²) in [6, 6.07) is 7.71. The van der Waals surface area contributed by atoms with Gasteiger partial charge in [-0.05, 0) is 38.1 Å². The number of sulfonamides is 1. The maximum atomic E-state index is 12.4. The van der Waals surface area contributed by atoms with Gasteiger partial charge in [-0.2, -0.15) is 9.57 Å². The minimum absolute atomic E-state index is 0.149. The number of rotatable bonds is 5. The van der Waals surface area contributed by atoms with E-state index in [1.807, 2.05) is 19.9 Å². The largest absolute Gasteiger partial charge is 0.243 e. The van der Waals surface area contributed by atoms with Crippen LogP contribution in [0, 0.1) is 11.3 Å². The molecule has 0 aliphatic heterocycles. The Morgan fingerprint density at radius 3 is 2.33 bits per heavy atom. The van der Waals surface area contributed by atoms with E-state index in [4.69, 9.17) is 5.26 Å². The Labute approximate surface area is 108 Å². The van der Waals surface area contributed by atoms with Crippen LogP contribution in [0.4, 0.5) is 0 Å². The van der Waals surface area contributed by atoms with E-state index >= 15 is 0 Å². The van der Waals surface area contributed by atoms with Crippen molar-refractivity contribution in [2.24, 2.45) is 0 Å². The average molecular weight is 264 g/mol. The lowest BCUT2D eigenvalue weighted by Gasteiger charge is -2.24. The first-order valence-corrected chi connectivity index (χ1v) is 7.00. The molecule has 0 unspecified atom stereocenters. The van der Waals surface area contributed by atoms with Crippen molar-refractivity contribution in [3.8, 4) is 6.07 Å². The van der Waals surface area contributed by atoms with E-state index in [9.17, 15) is 8.42 Å². The van der Waals surface area contributed by atoms with E-state index in [2.05, 4.69) is 6.58 Å². The molecule has 96 valence electrons. The molecule has 0 N–H and O–H groups in total. The van der Waals surface area contributed by atoms with Crippen LogP contribution in [0.3, 0.4) is 0 Å². The number of hydrogen-bond acceptors (Lipinski definition) is 3. The number of benzene rings is 1. The van der Waals surface area contributed by atoms with Crippen molar-refractivity contribution in [1.82, 2.24) is 4.31 Å². The van der Waals surface area contributed by atoms with E-state index in [1.54, 1.807) is 6.08 Å². The molecule has 0 aliphatic rings. The summed E-state index contributed by atoms with van der Waals surface area (Å²) in [6.45, 7) is 7.45. The summed E-state index contributed by atoms with van der Waals surface area (Å²) >= 11 is 0. The molecule has 5 heteroatoms. The van der Waals surface area contributed by atoms with Crippen molar-refractivity contribution in [2.75, 3.05) is 6.54 Å². The maximum absolute atomic E-state index is 12.4. The molecule has 1 aromatic rings. The van der Waals surface area contributed by atoms with Crippen molar-refractivity contribution in [1.29, 1.82) is 5.26 Å². The lowest BCUT2D eigenvalue weighted by molar-refractivity contribution is 0.383. The van der Waals surface area contributed by atoms with Gasteiger partial charge in [-0.3, -0.25) is 0 Å². The normalized spacial score (nSPS) is 11.5. The standard InChI is InChI=1S/C13H16N2O2S/c1-4-9-15(11(2)3)18(16,17)13-7-5-12(10-14)6-8-13/h4-8,11H,1,9H2,2-3H3. The molecule has 4 nitrogen and oxygen atoms in total. The molecule has 1 rings (SSSR count). The van der Waals surface area contributed by atoms with Crippen LogP contribution in [0.5, 0.6) is 0 Å². The molecule has 0 aromatic heterocycles. The lowest BCUT2D eigenvalue weighted by atomic mass is 10.2. The first-order chi connectivity index (χ1) is 8.43. The maximum Gasteiger partial charge on any atom is 0.243 e. The molecular formula is C13H16N2O2S. The highest BCUT2D eigenvalue weighted by Crippen LogP contribution is 2.18. The van der Waals surface area contributed by atoms with E-state index in [0.717, 1.165) is 0 Å². The van der Waals surface area contributed by atoms with Crippen LogP contribution in [-0.2, 0) is 10.0 Å². The number of nitrogens with zero attached hydrogens (tertiary/aromatic N) is 2. The monoisotopic (exact) mass is 264 g/mol. The fourth-order valence-corrected chi connectivity index (χ4v) is 3.16. The fraction of sp³-hybridized carbons (Fsp3) is 0.308. The Bertz CT molecular complexity index is 554. The van der Waals surface area contributed by atoms with E-state index < -0.39 is 10.0 Å². The Hall–Kier alpha value is -1.64. The number of hydrogen-bond donors (Lipinski definition) is 0. The molecule has 0 bridgehead atoms. The molecule has 0 spiro atoms. The SMILES string of the molecule is C=CCN(C(C)C)S(=O)(=O)c1ccc(C#N)cc1. The van der Waals surface area contributed by atoms with Crippen molar-refractivity contribution in [3.05, 3.63) is 42.5 Å². The lowest BCUT2D eigenvalue weighted by Crippen LogP contribution is -2.36. The van der Waals surface area contributed by atoms with Crippen molar-refractivity contribution >= 4 is 10.0 Å². The van der Waals surface area contributed by atoms with Gasteiger partial charge in [-0.15, -0.1) is 6.58 Å². The van der Waals surface area contributed by atoms with Gasteiger partial charge >= 0.3 is 0 Å². The Morgan fingerprint density at radius 1 is 1.39 bits per heavy atom. The summed E-state index contributed by atoms with van der Waals surface area (Å²) in [4.78, 5) is 0.192. The highest BCUT2D eigenvalue weighted by Gasteiger charge is 2.25. The van der Waals surface area contributed by atoms with Crippen LogP contribution in [-0.4, -0.2) is 25.3 Å². The van der Waals surface area contributed by atoms with Crippen LogP contribution >= 0.6 is 0 Å². The molecular weight excluding hydrogens is 248 g/mol. The van der Waals surface area contributed by atoms with Crippen molar-refractivity contribution in [3.63, 3.8) is 0 Å². The fourth-order valence-electron chi connectivity index (χ4n) is 1.55. The van der Waals surface area contributed by atoms with Gasteiger partial charge in [0.15, 0.2) is 0 Å². The first-order valence-electron chi connectivity index (χ1n) is 5.56. The Balaban J connectivity index is 3.18. The third-order valence-electron chi connectivity index (χ3n) is 2.48. The second-order valence-electron chi connectivity index (χ2n) is 4.09. The second kappa shape index (κ2) is 5.80. The zero-order valence-electron chi connectivity index (χ0n) is 10.5. The van der Waals surface area contributed by atoms with Gasteiger partial charge < -0.3 is 0 Å². The third-order valence-corrected chi connectivity index (χ3v) is 4.53. The summed E-state index contributed by atoms with van der Waals surface area (Å²) in [5.74, 6) is 0. The molecule has 0 amide bonds. The molecule has 0 heterocycles. The van der Waals surface area contributed by atoms with Gasteiger partial charge in [0, 0.05) is 12.6 Å². The highest BCUT2D eigenvalue weighted by molar-refractivity contribution is 7.89. The van der Waals surface area contributed by atoms with Crippen molar-refractivity contribution in [2.45, 2.75) is 24.8 Å². The molecule has 0 radical (unpaired) electrons. The highest BCUT2D eigenvalue weighted by atomic mass is 32.2. The van der Waals surface area contributed by atoms with E-state index in [-0.39, 0.29) is 17.5 Å². The predicted octanol–water partition coefficient (Wildman–Crippen LogP) is 2.14. The summed E-state index contributed by atoms with van der Waals surface area (Å²) in [7, 11) is -3.53. The molecule has 0 aliphatic carbocycles. The quantitative estimate of drug-likeness (QED) is 0.765. The van der Waals surface area contributed by atoms with Crippen LogP contribution in [0.15, 0.2) is 41.8 Å². The van der Waals surface area contributed by atoms with Crippen LogP contribution in [0.1, 0.15) is 19.4 Å². The van der Waals surface area contributed by atoms with Gasteiger partial charge in [-0.1, -0.05) is 6.08 Å². The van der Waals surface area contributed by atoms with E-state index in [0.29, 0.717) is 5.56 Å². The van der Waals surface area contributed by atoms with Gasteiger partial charge in [0.1, 0.15) is 0 Å². The molecule has 0 atom stereocenters. The molecule has 0 fully saturated rings. The minimum atomic E-state index is -3.53. The van der Waals surface area contributed by atoms with Gasteiger partial charge in [0.2, 0.25) is 10.0 Å².